The molecule has 1 unspecified atom stereocenters. The first kappa shape index (κ1) is 13.3. The van der Waals surface area contributed by atoms with E-state index in [2.05, 4.69) is 5.32 Å². The Hall–Kier alpha value is -1.14. The van der Waals surface area contributed by atoms with Crippen LogP contribution in [0.1, 0.15) is 9.67 Å². The quantitative estimate of drug-likeness (QED) is 0.800. The first-order valence-corrected chi connectivity index (χ1v) is 6.57. The standard InChI is InChI=1S/C12H12ClNO3S/c13-10-8-3-1-2-4-9(8)18-11(10)12(17)14-5-7(16)6-15/h1-4,7,15-16H,5-6H2,(H,14,17). The van der Waals surface area contributed by atoms with Gasteiger partial charge in [0.1, 0.15) is 4.88 Å². The summed E-state index contributed by atoms with van der Waals surface area (Å²) in [6, 6.07) is 7.49. The smallest absolute Gasteiger partial charge is 0.263 e. The van der Waals surface area contributed by atoms with Gasteiger partial charge in [-0.05, 0) is 6.07 Å². The van der Waals surface area contributed by atoms with Crippen LogP contribution in [-0.4, -0.2) is 35.4 Å². The molecule has 2 rings (SSSR count). The molecule has 0 aliphatic carbocycles. The Kier molecular flexibility index (Phi) is 4.19. The number of halogens is 1. The second-order valence-corrected chi connectivity index (χ2v) is 5.22. The average Bonchev–Trinajstić information content (AvgIpc) is 2.73. The van der Waals surface area contributed by atoms with Crippen LogP contribution in [0.3, 0.4) is 0 Å². The molecule has 96 valence electrons. The SMILES string of the molecule is O=C(NCC(O)CO)c1sc2ccccc2c1Cl. The summed E-state index contributed by atoms with van der Waals surface area (Å²) in [6.07, 6.45) is -0.956. The van der Waals surface area contributed by atoms with Crippen molar-refractivity contribution in [1.29, 1.82) is 0 Å². The van der Waals surface area contributed by atoms with E-state index in [1.165, 1.54) is 11.3 Å². The number of nitrogens with one attached hydrogen (secondary N) is 1. The summed E-state index contributed by atoms with van der Waals surface area (Å²) in [5, 5.41) is 21.6. The number of hydrogen-bond acceptors (Lipinski definition) is 4. The van der Waals surface area contributed by atoms with Crippen molar-refractivity contribution < 1.29 is 15.0 Å². The fourth-order valence-electron chi connectivity index (χ4n) is 1.52. The molecule has 1 atom stereocenters. The lowest BCUT2D eigenvalue weighted by Crippen LogP contribution is -2.33. The number of hydrogen-bond donors (Lipinski definition) is 3. The zero-order chi connectivity index (χ0) is 13.1. The summed E-state index contributed by atoms with van der Waals surface area (Å²) in [5.41, 5.74) is 0. The molecule has 3 N–H and O–H groups in total. The molecule has 6 heteroatoms. The first-order valence-electron chi connectivity index (χ1n) is 5.37. The highest BCUT2D eigenvalue weighted by Gasteiger charge is 2.17. The molecule has 0 saturated carbocycles. The molecule has 2 aromatic rings. The van der Waals surface area contributed by atoms with Gasteiger partial charge in [0.25, 0.3) is 5.91 Å². The molecule has 0 bridgehead atoms. The van der Waals surface area contributed by atoms with Crippen molar-refractivity contribution in [3.63, 3.8) is 0 Å². The summed E-state index contributed by atoms with van der Waals surface area (Å²) in [4.78, 5) is 12.3. The number of rotatable bonds is 4. The monoisotopic (exact) mass is 285 g/mol. The minimum Gasteiger partial charge on any atom is -0.394 e. The predicted octanol–water partition coefficient (Wildman–Crippen LogP) is 1.64. The molecule has 1 heterocycles. The molecule has 18 heavy (non-hydrogen) atoms. The van der Waals surface area contributed by atoms with Gasteiger partial charge in [-0.2, -0.15) is 0 Å². The molecular weight excluding hydrogens is 274 g/mol. The summed E-state index contributed by atoms with van der Waals surface area (Å²) >= 11 is 7.44. The fraction of sp³-hybridized carbons (Fsp3) is 0.250. The molecule has 1 amide bonds. The lowest BCUT2D eigenvalue weighted by Gasteiger charge is -2.07. The highest BCUT2D eigenvalue weighted by atomic mass is 35.5. The van der Waals surface area contributed by atoms with Gasteiger partial charge in [0, 0.05) is 16.6 Å². The van der Waals surface area contributed by atoms with Gasteiger partial charge in [-0.3, -0.25) is 4.79 Å². The van der Waals surface area contributed by atoms with Gasteiger partial charge in [0.05, 0.1) is 17.7 Å². The summed E-state index contributed by atoms with van der Waals surface area (Å²) in [5.74, 6) is -0.339. The number of aliphatic hydroxyl groups excluding tert-OH is 2. The van der Waals surface area contributed by atoms with Crippen LogP contribution in [0.15, 0.2) is 24.3 Å². The summed E-state index contributed by atoms with van der Waals surface area (Å²) in [7, 11) is 0. The number of carbonyl (C=O) groups excluding carboxylic acids is 1. The topological polar surface area (TPSA) is 69.6 Å². The number of aliphatic hydroxyl groups is 2. The van der Waals surface area contributed by atoms with Crippen LogP contribution < -0.4 is 5.32 Å². The van der Waals surface area contributed by atoms with E-state index in [9.17, 15) is 4.79 Å². The van der Waals surface area contributed by atoms with E-state index < -0.39 is 6.10 Å². The maximum Gasteiger partial charge on any atom is 0.263 e. The Morgan fingerprint density at radius 1 is 1.44 bits per heavy atom. The minimum atomic E-state index is -0.956. The van der Waals surface area contributed by atoms with E-state index >= 15 is 0 Å². The van der Waals surface area contributed by atoms with Crippen LogP contribution in [0, 0.1) is 0 Å². The molecule has 0 saturated heterocycles. The van der Waals surface area contributed by atoms with Crippen LogP contribution in [0.4, 0.5) is 0 Å². The van der Waals surface area contributed by atoms with Crippen molar-refractivity contribution in [2.75, 3.05) is 13.2 Å². The first-order chi connectivity index (χ1) is 8.63. The third-order valence-electron chi connectivity index (χ3n) is 2.45. The van der Waals surface area contributed by atoms with E-state index in [-0.39, 0.29) is 19.1 Å². The van der Waals surface area contributed by atoms with Gasteiger partial charge < -0.3 is 15.5 Å². The summed E-state index contributed by atoms with van der Waals surface area (Å²) < 4.78 is 0.940. The number of fused-ring (bicyclic) bond motifs is 1. The Morgan fingerprint density at radius 2 is 2.17 bits per heavy atom. The third-order valence-corrected chi connectivity index (χ3v) is 4.12. The summed E-state index contributed by atoms with van der Waals surface area (Å²) in [6.45, 7) is -0.389. The number of benzene rings is 1. The highest BCUT2D eigenvalue weighted by Crippen LogP contribution is 2.34. The van der Waals surface area contributed by atoms with Gasteiger partial charge in [0.2, 0.25) is 0 Å². The minimum absolute atomic E-state index is 0.0000918. The van der Waals surface area contributed by atoms with Crippen LogP contribution in [-0.2, 0) is 0 Å². The second kappa shape index (κ2) is 5.67. The van der Waals surface area contributed by atoms with Crippen molar-refractivity contribution >= 4 is 38.9 Å². The zero-order valence-electron chi connectivity index (χ0n) is 9.39. The average molecular weight is 286 g/mol. The Labute approximate surface area is 113 Å². The van der Waals surface area contributed by atoms with Crippen LogP contribution in [0.2, 0.25) is 5.02 Å². The van der Waals surface area contributed by atoms with Crippen molar-refractivity contribution in [3.8, 4) is 0 Å². The normalized spacial score (nSPS) is 12.6. The Morgan fingerprint density at radius 3 is 2.83 bits per heavy atom. The molecule has 0 fully saturated rings. The van der Waals surface area contributed by atoms with Gasteiger partial charge in [-0.1, -0.05) is 29.8 Å². The van der Waals surface area contributed by atoms with Gasteiger partial charge in [-0.15, -0.1) is 11.3 Å². The van der Waals surface area contributed by atoms with E-state index in [1.807, 2.05) is 24.3 Å². The van der Waals surface area contributed by atoms with Crippen molar-refractivity contribution in [3.05, 3.63) is 34.2 Å². The number of thiophene rings is 1. The molecule has 0 radical (unpaired) electrons. The zero-order valence-corrected chi connectivity index (χ0v) is 11.0. The predicted molar refractivity (Wildman–Crippen MR) is 72.3 cm³/mol. The molecular formula is C12H12ClNO3S. The van der Waals surface area contributed by atoms with E-state index in [4.69, 9.17) is 21.8 Å². The second-order valence-electron chi connectivity index (χ2n) is 3.79. The van der Waals surface area contributed by atoms with Crippen molar-refractivity contribution in [2.45, 2.75) is 6.10 Å². The van der Waals surface area contributed by atoms with E-state index in [1.54, 1.807) is 0 Å². The van der Waals surface area contributed by atoms with Crippen LogP contribution in [0.5, 0.6) is 0 Å². The lowest BCUT2D eigenvalue weighted by molar-refractivity contribution is 0.0804. The highest BCUT2D eigenvalue weighted by molar-refractivity contribution is 7.21. The number of carbonyl (C=O) groups is 1. The van der Waals surface area contributed by atoms with E-state index in [0.29, 0.717) is 9.90 Å². The molecule has 1 aromatic carbocycles. The Bertz CT molecular complexity index is 569. The molecule has 0 aliphatic rings. The van der Waals surface area contributed by atoms with Gasteiger partial charge in [0.15, 0.2) is 0 Å². The molecule has 0 spiro atoms. The number of amides is 1. The third kappa shape index (κ3) is 2.64. The maximum atomic E-state index is 11.9. The van der Waals surface area contributed by atoms with Crippen LogP contribution in [0.25, 0.3) is 10.1 Å². The lowest BCUT2D eigenvalue weighted by atomic mass is 10.2. The van der Waals surface area contributed by atoms with Gasteiger partial charge >= 0.3 is 0 Å². The van der Waals surface area contributed by atoms with Crippen molar-refractivity contribution in [1.82, 2.24) is 5.32 Å². The molecule has 0 aliphatic heterocycles. The van der Waals surface area contributed by atoms with Gasteiger partial charge in [-0.25, -0.2) is 0 Å². The molecule has 4 nitrogen and oxygen atoms in total. The fourth-order valence-corrected chi connectivity index (χ4v) is 2.95. The van der Waals surface area contributed by atoms with Crippen molar-refractivity contribution in [2.24, 2.45) is 0 Å². The maximum absolute atomic E-state index is 11.9. The molecule has 1 aromatic heterocycles. The Balaban J connectivity index is 2.20. The van der Waals surface area contributed by atoms with E-state index in [0.717, 1.165) is 10.1 Å². The van der Waals surface area contributed by atoms with Crippen LogP contribution >= 0.6 is 22.9 Å². The largest absolute Gasteiger partial charge is 0.394 e.